The molecule has 7 nitrogen and oxygen atoms in total. The van der Waals surface area contributed by atoms with Crippen LogP contribution in [0, 0.1) is 0 Å². The Bertz CT molecular complexity index is 339. The highest BCUT2D eigenvalue weighted by Crippen LogP contribution is 2.00. The number of nitrogens with one attached hydrogen (secondary N) is 1. The zero-order chi connectivity index (χ0) is 13.4. The van der Waals surface area contributed by atoms with Crippen molar-refractivity contribution in [1.82, 2.24) is 25.0 Å². The molecule has 0 radical (unpaired) electrons. The number of ether oxygens (including phenoxy) is 1. The van der Waals surface area contributed by atoms with E-state index in [1.165, 1.54) is 6.33 Å². The molecular formula is C11H21N5O2. The van der Waals surface area contributed by atoms with Gasteiger partial charge < -0.3 is 14.5 Å². The highest BCUT2D eigenvalue weighted by Gasteiger charge is 2.17. The van der Waals surface area contributed by atoms with Crippen LogP contribution in [0.2, 0.25) is 0 Å². The molecule has 102 valence electrons. The minimum atomic E-state index is -0.136. The first kappa shape index (κ1) is 14.6. The number of hydrogen-bond acceptors (Lipinski definition) is 5. The van der Waals surface area contributed by atoms with Crippen LogP contribution >= 0.6 is 0 Å². The minimum Gasteiger partial charge on any atom is -0.383 e. The number of aromatic amines is 1. The van der Waals surface area contributed by atoms with Gasteiger partial charge in [-0.15, -0.1) is 0 Å². The first-order valence-corrected chi connectivity index (χ1v) is 5.93. The van der Waals surface area contributed by atoms with Crippen LogP contribution in [0.1, 0.15) is 17.0 Å². The smallest absolute Gasteiger partial charge is 0.291 e. The quantitative estimate of drug-likeness (QED) is 0.699. The van der Waals surface area contributed by atoms with Crippen LogP contribution in [-0.2, 0) is 4.74 Å². The fourth-order valence-electron chi connectivity index (χ4n) is 1.55. The van der Waals surface area contributed by atoms with Crippen molar-refractivity contribution in [2.75, 3.05) is 47.4 Å². The van der Waals surface area contributed by atoms with Gasteiger partial charge in [-0.2, -0.15) is 5.10 Å². The van der Waals surface area contributed by atoms with Crippen molar-refractivity contribution >= 4 is 5.91 Å². The number of amides is 1. The van der Waals surface area contributed by atoms with E-state index in [2.05, 4.69) is 20.1 Å². The van der Waals surface area contributed by atoms with E-state index in [1.54, 1.807) is 12.0 Å². The summed E-state index contributed by atoms with van der Waals surface area (Å²) in [5, 5.41) is 6.28. The number of H-pyrrole nitrogens is 1. The Balaban J connectivity index is 2.51. The molecule has 0 unspecified atom stereocenters. The van der Waals surface area contributed by atoms with Crippen LogP contribution in [0.5, 0.6) is 0 Å². The molecule has 1 aromatic heterocycles. The zero-order valence-electron chi connectivity index (χ0n) is 11.2. The molecule has 0 fully saturated rings. The number of carbonyl (C=O) groups excluding carboxylic acids is 1. The summed E-state index contributed by atoms with van der Waals surface area (Å²) in [5.41, 5.74) is 0. The van der Waals surface area contributed by atoms with Gasteiger partial charge in [-0.25, -0.2) is 4.98 Å². The van der Waals surface area contributed by atoms with Gasteiger partial charge in [-0.05, 0) is 27.1 Å². The molecule has 0 saturated heterocycles. The van der Waals surface area contributed by atoms with E-state index in [0.29, 0.717) is 19.7 Å². The van der Waals surface area contributed by atoms with Crippen molar-refractivity contribution in [3.05, 3.63) is 12.2 Å². The molecule has 0 aromatic carbocycles. The van der Waals surface area contributed by atoms with Gasteiger partial charge in [0.05, 0.1) is 6.61 Å². The molecule has 18 heavy (non-hydrogen) atoms. The SMILES string of the molecule is COCCN(CCCN(C)C)C(=O)c1ncn[nH]1. The summed E-state index contributed by atoms with van der Waals surface area (Å²) >= 11 is 0. The number of rotatable bonds is 8. The van der Waals surface area contributed by atoms with Crippen LogP contribution in [0.25, 0.3) is 0 Å². The predicted octanol–water partition coefficient (Wildman–Crippen LogP) is -0.155. The van der Waals surface area contributed by atoms with Gasteiger partial charge >= 0.3 is 0 Å². The second-order valence-electron chi connectivity index (χ2n) is 4.28. The van der Waals surface area contributed by atoms with Crippen LogP contribution < -0.4 is 0 Å². The second kappa shape index (κ2) is 7.78. The van der Waals surface area contributed by atoms with Crippen molar-refractivity contribution in [3.63, 3.8) is 0 Å². The molecule has 1 aromatic rings. The Morgan fingerprint density at radius 1 is 1.39 bits per heavy atom. The summed E-state index contributed by atoms with van der Waals surface area (Å²) in [4.78, 5) is 19.8. The number of aromatic nitrogens is 3. The zero-order valence-corrected chi connectivity index (χ0v) is 11.2. The van der Waals surface area contributed by atoms with Crippen molar-refractivity contribution in [2.45, 2.75) is 6.42 Å². The molecule has 0 bridgehead atoms. The van der Waals surface area contributed by atoms with Gasteiger partial charge in [0.15, 0.2) is 0 Å². The molecule has 0 aliphatic heterocycles. The van der Waals surface area contributed by atoms with Gasteiger partial charge in [-0.3, -0.25) is 9.89 Å². The second-order valence-corrected chi connectivity index (χ2v) is 4.28. The largest absolute Gasteiger partial charge is 0.383 e. The van der Waals surface area contributed by atoms with Crippen LogP contribution in [0.3, 0.4) is 0 Å². The first-order valence-electron chi connectivity index (χ1n) is 5.93. The molecule has 1 heterocycles. The van der Waals surface area contributed by atoms with Crippen molar-refractivity contribution < 1.29 is 9.53 Å². The molecule has 7 heteroatoms. The van der Waals surface area contributed by atoms with Crippen molar-refractivity contribution in [2.24, 2.45) is 0 Å². The first-order chi connectivity index (χ1) is 8.65. The maximum absolute atomic E-state index is 12.1. The Morgan fingerprint density at radius 2 is 2.17 bits per heavy atom. The number of methoxy groups -OCH3 is 1. The Labute approximate surface area is 107 Å². The minimum absolute atomic E-state index is 0.136. The predicted molar refractivity (Wildman–Crippen MR) is 67.3 cm³/mol. The van der Waals surface area contributed by atoms with Gasteiger partial charge in [0, 0.05) is 20.2 Å². The van der Waals surface area contributed by atoms with Crippen LogP contribution in [0.15, 0.2) is 6.33 Å². The molecular weight excluding hydrogens is 234 g/mol. The Morgan fingerprint density at radius 3 is 2.72 bits per heavy atom. The number of carbonyl (C=O) groups is 1. The van der Waals surface area contributed by atoms with Gasteiger partial charge in [-0.1, -0.05) is 0 Å². The summed E-state index contributed by atoms with van der Waals surface area (Å²) in [6.07, 6.45) is 2.25. The average molecular weight is 255 g/mol. The lowest BCUT2D eigenvalue weighted by Crippen LogP contribution is -2.36. The molecule has 0 spiro atoms. The molecule has 1 N–H and O–H groups in total. The van der Waals surface area contributed by atoms with E-state index in [4.69, 9.17) is 4.74 Å². The van der Waals surface area contributed by atoms with E-state index in [9.17, 15) is 4.79 Å². The van der Waals surface area contributed by atoms with Gasteiger partial charge in [0.1, 0.15) is 6.33 Å². The average Bonchev–Trinajstić information content (AvgIpc) is 2.86. The van der Waals surface area contributed by atoms with E-state index in [0.717, 1.165) is 13.0 Å². The lowest BCUT2D eigenvalue weighted by molar-refractivity contribution is 0.0678. The third-order valence-corrected chi connectivity index (χ3v) is 2.50. The monoisotopic (exact) mass is 255 g/mol. The van der Waals surface area contributed by atoms with E-state index in [-0.39, 0.29) is 11.7 Å². The third-order valence-electron chi connectivity index (χ3n) is 2.50. The fourth-order valence-corrected chi connectivity index (χ4v) is 1.55. The van der Waals surface area contributed by atoms with Crippen molar-refractivity contribution in [3.8, 4) is 0 Å². The lowest BCUT2D eigenvalue weighted by atomic mass is 10.3. The fraction of sp³-hybridized carbons (Fsp3) is 0.727. The molecule has 0 atom stereocenters. The number of hydrogen-bond donors (Lipinski definition) is 1. The van der Waals surface area contributed by atoms with E-state index >= 15 is 0 Å². The lowest BCUT2D eigenvalue weighted by Gasteiger charge is -2.22. The normalized spacial score (nSPS) is 10.9. The summed E-state index contributed by atoms with van der Waals surface area (Å²) < 4.78 is 5.02. The maximum atomic E-state index is 12.1. The van der Waals surface area contributed by atoms with Gasteiger partial charge in [0.25, 0.3) is 5.91 Å². The number of nitrogens with zero attached hydrogens (tertiary/aromatic N) is 4. The summed E-state index contributed by atoms with van der Waals surface area (Å²) in [7, 11) is 5.65. The molecule has 0 aliphatic rings. The van der Waals surface area contributed by atoms with E-state index in [1.807, 2.05) is 14.1 Å². The maximum Gasteiger partial charge on any atom is 0.291 e. The van der Waals surface area contributed by atoms with Gasteiger partial charge in [0.2, 0.25) is 5.82 Å². The Kier molecular flexibility index (Phi) is 6.31. The van der Waals surface area contributed by atoms with Crippen LogP contribution in [0.4, 0.5) is 0 Å². The summed E-state index contributed by atoms with van der Waals surface area (Å²) in [5.74, 6) is 0.138. The third kappa shape index (κ3) is 4.80. The highest BCUT2D eigenvalue weighted by molar-refractivity contribution is 5.90. The molecule has 0 saturated carbocycles. The standard InChI is InChI=1S/C11H21N5O2/c1-15(2)5-4-6-16(7-8-18-3)11(17)10-12-9-13-14-10/h9H,4-8H2,1-3H3,(H,12,13,14). The summed E-state index contributed by atoms with van der Waals surface area (Å²) in [6, 6.07) is 0. The Hall–Kier alpha value is -1.47. The summed E-state index contributed by atoms with van der Waals surface area (Å²) in [6.45, 7) is 2.69. The van der Waals surface area contributed by atoms with Crippen LogP contribution in [-0.4, -0.2) is 78.3 Å². The highest BCUT2D eigenvalue weighted by atomic mass is 16.5. The molecule has 0 aliphatic carbocycles. The molecule has 1 amide bonds. The van der Waals surface area contributed by atoms with E-state index < -0.39 is 0 Å². The topological polar surface area (TPSA) is 74.3 Å². The molecule has 1 rings (SSSR count). The van der Waals surface area contributed by atoms with Crippen molar-refractivity contribution in [1.29, 1.82) is 0 Å².